The van der Waals surface area contributed by atoms with Crippen LogP contribution in [-0.4, -0.2) is 19.9 Å². The lowest BCUT2D eigenvalue weighted by Gasteiger charge is -2.01. The van der Waals surface area contributed by atoms with Crippen molar-refractivity contribution < 1.29 is 0 Å². The number of H-pyrrole nitrogens is 1. The maximum Gasteiger partial charge on any atom is 0.111 e. The van der Waals surface area contributed by atoms with Crippen LogP contribution in [0.25, 0.3) is 22.5 Å². The van der Waals surface area contributed by atoms with Crippen molar-refractivity contribution in [2.75, 3.05) is 0 Å². The fourth-order valence-electron chi connectivity index (χ4n) is 2.62. The van der Waals surface area contributed by atoms with E-state index in [0.29, 0.717) is 0 Å². The van der Waals surface area contributed by atoms with Crippen molar-refractivity contribution in [3.05, 3.63) is 90.8 Å². The van der Waals surface area contributed by atoms with Crippen molar-refractivity contribution in [1.82, 2.24) is 19.9 Å². The molecule has 0 atom stereocenters. The molecule has 0 saturated carbocycles. The summed E-state index contributed by atoms with van der Waals surface area (Å²) in [5, 5.41) is 0. The Morgan fingerprint density at radius 1 is 0.792 bits per heavy atom. The highest BCUT2D eigenvalue weighted by Crippen LogP contribution is 2.21. The summed E-state index contributed by atoms with van der Waals surface area (Å²) in [5.74, 6) is 0.934. The van der Waals surface area contributed by atoms with E-state index in [2.05, 4.69) is 38.1 Å². The molecule has 4 rings (SSSR count). The average molecular weight is 312 g/mol. The highest BCUT2D eigenvalue weighted by molar-refractivity contribution is 5.64. The Labute approximate surface area is 140 Å². The predicted octanol–water partition coefficient (Wildman–Crippen LogP) is 4.12. The largest absolute Gasteiger partial charge is 0.348 e. The molecule has 0 unspecified atom stereocenters. The van der Waals surface area contributed by atoms with Crippen LogP contribution in [-0.2, 0) is 6.42 Å². The second kappa shape index (κ2) is 6.46. The molecular formula is C20H16N4. The second-order valence-electron chi connectivity index (χ2n) is 5.56. The molecule has 4 aromatic rings. The number of aromatic nitrogens is 4. The Kier molecular flexibility index (Phi) is 3.86. The van der Waals surface area contributed by atoms with Gasteiger partial charge in [-0.15, -0.1) is 0 Å². The van der Waals surface area contributed by atoms with E-state index in [1.54, 1.807) is 12.4 Å². The Bertz CT molecular complexity index is 913. The first kappa shape index (κ1) is 14.3. The zero-order chi connectivity index (χ0) is 16.2. The van der Waals surface area contributed by atoms with E-state index < -0.39 is 0 Å². The van der Waals surface area contributed by atoms with Gasteiger partial charge < -0.3 is 4.98 Å². The van der Waals surface area contributed by atoms with Crippen molar-refractivity contribution >= 4 is 0 Å². The van der Waals surface area contributed by atoms with Gasteiger partial charge in [-0.25, -0.2) is 4.98 Å². The first-order chi connectivity index (χ1) is 11.9. The SMILES string of the molecule is c1ccc(-c2ccc(-c3c[nH]c(Cc4ccncc4)n3)cn2)cc1. The molecule has 1 aromatic carbocycles. The van der Waals surface area contributed by atoms with Gasteiger partial charge in [0.1, 0.15) is 5.82 Å². The van der Waals surface area contributed by atoms with Crippen molar-refractivity contribution in [3.8, 4) is 22.5 Å². The van der Waals surface area contributed by atoms with Crippen LogP contribution >= 0.6 is 0 Å². The second-order valence-corrected chi connectivity index (χ2v) is 5.56. The fourth-order valence-corrected chi connectivity index (χ4v) is 2.62. The Balaban J connectivity index is 1.54. The lowest BCUT2D eigenvalue weighted by Crippen LogP contribution is -1.91. The Morgan fingerprint density at radius 3 is 2.38 bits per heavy atom. The molecule has 4 heteroatoms. The van der Waals surface area contributed by atoms with Crippen LogP contribution in [0.2, 0.25) is 0 Å². The van der Waals surface area contributed by atoms with Crippen molar-refractivity contribution in [2.24, 2.45) is 0 Å². The van der Waals surface area contributed by atoms with Crippen LogP contribution in [0.4, 0.5) is 0 Å². The number of nitrogens with zero attached hydrogens (tertiary/aromatic N) is 3. The molecular weight excluding hydrogens is 296 g/mol. The number of aromatic amines is 1. The van der Waals surface area contributed by atoms with Gasteiger partial charge in [0.25, 0.3) is 0 Å². The third-order valence-electron chi connectivity index (χ3n) is 3.88. The molecule has 0 aliphatic heterocycles. The molecule has 0 saturated heterocycles. The summed E-state index contributed by atoms with van der Waals surface area (Å²) in [7, 11) is 0. The normalized spacial score (nSPS) is 10.7. The van der Waals surface area contributed by atoms with E-state index in [1.807, 2.05) is 48.8 Å². The maximum absolute atomic E-state index is 4.66. The number of benzene rings is 1. The molecule has 0 bridgehead atoms. The average Bonchev–Trinajstić information content (AvgIpc) is 3.12. The van der Waals surface area contributed by atoms with E-state index >= 15 is 0 Å². The standard InChI is InChI=1S/C20H16N4/c1-2-4-16(5-3-1)18-7-6-17(13-22-18)19-14-23-20(24-19)12-15-8-10-21-11-9-15/h1-11,13-14H,12H2,(H,23,24). The van der Waals surface area contributed by atoms with E-state index in [9.17, 15) is 0 Å². The molecule has 0 fully saturated rings. The van der Waals surface area contributed by atoms with Gasteiger partial charge in [-0.3, -0.25) is 9.97 Å². The molecule has 4 nitrogen and oxygen atoms in total. The molecule has 0 aliphatic carbocycles. The quantitative estimate of drug-likeness (QED) is 0.616. The minimum absolute atomic E-state index is 0.762. The number of hydrogen-bond acceptors (Lipinski definition) is 3. The van der Waals surface area contributed by atoms with E-state index in [1.165, 1.54) is 5.56 Å². The molecule has 0 amide bonds. The zero-order valence-electron chi connectivity index (χ0n) is 13.1. The van der Waals surface area contributed by atoms with Gasteiger partial charge in [-0.05, 0) is 29.8 Å². The number of hydrogen-bond donors (Lipinski definition) is 1. The summed E-state index contributed by atoms with van der Waals surface area (Å²) in [6.45, 7) is 0. The van der Waals surface area contributed by atoms with E-state index in [4.69, 9.17) is 0 Å². The Morgan fingerprint density at radius 2 is 1.62 bits per heavy atom. The first-order valence-electron chi connectivity index (χ1n) is 7.83. The highest BCUT2D eigenvalue weighted by atomic mass is 14.9. The molecule has 116 valence electrons. The summed E-state index contributed by atoms with van der Waals surface area (Å²) >= 11 is 0. The summed E-state index contributed by atoms with van der Waals surface area (Å²) in [4.78, 5) is 16.5. The number of pyridine rings is 2. The van der Waals surface area contributed by atoms with Gasteiger partial charge in [0.05, 0.1) is 11.4 Å². The number of rotatable bonds is 4. The van der Waals surface area contributed by atoms with Crippen LogP contribution < -0.4 is 0 Å². The number of imidazole rings is 1. The van der Waals surface area contributed by atoms with Gasteiger partial charge in [0.15, 0.2) is 0 Å². The molecule has 24 heavy (non-hydrogen) atoms. The fraction of sp³-hybridized carbons (Fsp3) is 0.0500. The first-order valence-corrected chi connectivity index (χ1v) is 7.83. The maximum atomic E-state index is 4.66. The van der Waals surface area contributed by atoms with Crippen molar-refractivity contribution in [1.29, 1.82) is 0 Å². The summed E-state index contributed by atoms with van der Waals surface area (Å²) in [6, 6.07) is 18.2. The third-order valence-corrected chi connectivity index (χ3v) is 3.88. The summed E-state index contributed by atoms with van der Waals surface area (Å²) in [5.41, 5.74) is 5.18. The highest BCUT2D eigenvalue weighted by Gasteiger charge is 2.06. The molecule has 1 N–H and O–H groups in total. The van der Waals surface area contributed by atoms with Gasteiger partial charge >= 0.3 is 0 Å². The third kappa shape index (κ3) is 3.08. The van der Waals surface area contributed by atoms with Crippen LogP contribution in [0.1, 0.15) is 11.4 Å². The Hall–Kier alpha value is -3.27. The zero-order valence-corrected chi connectivity index (χ0v) is 13.1. The van der Waals surface area contributed by atoms with E-state index in [-0.39, 0.29) is 0 Å². The lowest BCUT2D eigenvalue weighted by molar-refractivity contribution is 1.02. The van der Waals surface area contributed by atoms with Crippen LogP contribution in [0.15, 0.2) is 79.4 Å². The van der Waals surface area contributed by atoms with Gasteiger partial charge in [0, 0.05) is 42.3 Å². The minimum Gasteiger partial charge on any atom is -0.348 e. The predicted molar refractivity (Wildman–Crippen MR) is 94.3 cm³/mol. The number of nitrogens with one attached hydrogen (secondary N) is 1. The van der Waals surface area contributed by atoms with Gasteiger partial charge in [0.2, 0.25) is 0 Å². The minimum atomic E-state index is 0.762. The summed E-state index contributed by atoms with van der Waals surface area (Å²) in [6.07, 6.45) is 8.15. The monoisotopic (exact) mass is 312 g/mol. The van der Waals surface area contributed by atoms with Gasteiger partial charge in [-0.2, -0.15) is 0 Å². The molecule has 0 radical (unpaired) electrons. The van der Waals surface area contributed by atoms with Crippen LogP contribution in [0, 0.1) is 0 Å². The smallest absolute Gasteiger partial charge is 0.111 e. The van der Waals surface area contributed by atoms with Gasteiger partial charge in [-0.1, -0.05) is 30.3 Å². The molecule has 3 heterocycles. The molecule has 0 spiro atoms. The molecule has 3 aromatic heterocycles. The van der Waals surface area contributed by atoms with Crippen molar-refractivity contribution in [2.45, 2.75) is 6.42 Å². The topological polar surface area (TPSA) is 54.5 Å². The van der Waals surface area contributed by atoms with E-state index in [0.717, 1.165) is 34.8 Å². The van der Waals surface area contributed by atoms with Crippen LogP contribution in [0.3, 0.4) is 0 Å². The summed E-state index contributed by atoms with van der Waals surface area (Å²) < 4.78 is 0. The van der Waals surface area contributed by atoms with Crippen LogP contribution in [0.5, 0.6) is 0 Å². The van der Waals surface area contributed by atoms with Crippen molar-refractivity contribution in [3.63, 3.8) is 0 Å². The molecule has 0 aliphatic rings. The lowest BCUT2D eigenvalue weighted by atomic mass is 10.1.